The normalized spacial score (nSPS) is 15.9. The number of carbonyl (C=O) groups excluding carboxylic acids is 2. The molecule has 1 aliphatic rings. The van der Waals surface area contributed by atoms with Crippen molar-refractivity contribution in [3.05, 3.63) is 87.7 Å². The van der Waals surface area contributed by atoms with Gasteiger partial charge >= 0.3 is 0 Å². The number of benzene rings is 2. The van der Waals surface area contributed by atoms with Gasteiger partial charge in [0.25, 0.3) is 5.91 Å². The number of halogens is 1. The Bertz CT molecular complexity index is 1070. The van der Waals surface area contributed by atoms with Crippen LogP contribution in [0.3, 0.4) is 0 Å². The monoisotopic (exact) mass is 378 g/mol. The highest BCUT2D eigenvalue weighted by Gasteiger charge is 2.44. The van der Waals surface area contributed by atoms with Gasteiger partial charge in [-0.1, -0.05) is 41.9 Å². The first kappa shape index (κ1) is 17.6. The number of Topliss-reactive ketones (excluding diaryl/α,β-unsaturated/α-hetero) is 1. The molecule has 5 heteroatoms. The number of hydrogen-bond acceptors (Lipinski definition) is 2. The van der Waals surface area contributed by atoms with E-state index >= 15 is 0 Å². The van der Waals surface area contributed by atoms with Crippen LogP contribution in [0.5, 0.6) is 0 Å². The molecule has 1 amide bonds. The quantitative estimate of drug-likeness (QED) is 0.606. The number of para-hydroxylation sites is 1. The van der Waals surface area contributed by atoms with Crippen LogP contribution >= 0.6 is 11.6 Å². The van der Waals surface area contributed by atoms with E-state index in [9.17, 15) is 9.59 Å². The van der Waals surface area contributed by atoms with Crippen LogP contribution in [0.1, 0.15) is 50.6 Å². The Morgan fingerprint density at radius 2 is 1.78 bits per heavy atom. The Balaban J connectivity index is 2.03. The van der Waals surface area contributed by atoms with Crippen molar-refractivity contribution in [2.24, 2.45) is 7.05 Å². The standard InChI is InChI=1S/C22H19ClN2O2/c1-13-18(14(2)26)19-21(24(13)3)20(15-8-7-9-16(23)12-15)25(22(19)27)17-10-5-4-6-11-17/h4-12,20H,1-3H3. The summed E-state index contributed by atoms with van der Waals surface area (Å²) in [4.78, 5) is 27.6. The molecule has 4 nitrogen and oxygen atoms in total. The zero-order valence-electron chi connectivity index (χ0n) is 15.4. The number of carbonyl (C=O) groups is 2. The van der Waals surface area contributed by atoms with Crippen molar-refractivity contribution in [3.63, 3.8) is 0 Å². The highest BCUT2D eigenvalue weighted by atomic mass is 35.5. The van der Waals surface area contributed by atoms with Crippen LogP contribution in [-0.4, -0.2) is 16.3 Å². The summed E-state index contributed by atoms with van der Waals surface area (Å²) in [5, 5.41) is 0.610. The molecule has 2 heterocycles. The summed E-state index contributed by atoms with van der Waals surface area (Å²) < 4.78 is 1.96. The zero-order chi connectivity index (χ0) is 19.3. The van der Waals surface area contributed by atoms with Gasteiger partial charge in [0.2, 0.25) is 0 Å². The number of amides is 1. The van der Waals surface area contributed by atoms with Crippen molar-refractivity contribution in [1.29, 1.82) is 0 Å². The second kappa shape index (κ2) is 6.39. The van der Waals surface area contributed by atoms with E-state index in [4.69, 9.17) is 11.6 Å². The molecule has 27 heavy (non-hydrogen) atoms. The van der Waals surface area contributed by atoms with Crippen molar-refractivity contribution in [2.45, 2.75) is 19.9 Å². The molecule has 3 aromatic rings. The first-order valence-electron chi connectivity index (χ1n) is 8.76. The van der Waals surface area contributed by atoms with E-state index in [1.165, 1.54) is 6.92 Å². The van der Waals surface area contributed by atoms with E-state index in [1.54, 1.807) is 4.90 Å². The summed E-state index contributed by atoms with van der Waals surface area (Å²) in [6.45, 7) is 3.39. The molecule has 1 unspecified atom stereocenters. The molecular weight excluding hydrogens is 360 g/mol. The van der Waals surface area contributed by atoms with Crippen molar-refractivity contribution in [3.8, 4) is 0 Å². The number of hydrogen-bond donors (Lipinski definition) is 0. The van der Waals surface area contributed by atoms with E-state index in [1.807, 2.05) is 73.1 Å². The molecule has 2 aromatic carbocycles. The summed E-state index contributed by atoms with van der Waals surface area (Å²) >= 11 is 6.24. The first-order valence-corrected chi connectivity index (χ1v) is 9.13. The molecule has 1 aromatic heterocycles. The van der Waals surface area contributed by atoms with Crippen LogP contribution in [-0.2, 0) is 7.05 Å². The second-order valence-corrected chi connectivity index (χ2v) is 7.24. The molecule has 0 bridgehead atoms. The second-order valence-electron chi connectivity index (χ2n) is 6.80. The molecule has 0 N–H and O–H groups in total. The van der Waals surface area contributed by atoms with Crippen LogP contribution in [0, 0.1) is 6.92 Å². The van der Waals surface area contributed by atoms with Gasteiger partial charge in [-0.2, -0.15) is 0 Å². The third kappa shape index (κ3) is 2.60. The lowest BCUT2D eigenvalue weighted by Crippen LogP contribution is -2.30. The molecule has 0 radical (unpaired) electrons. The zero-order valence-corrected chi connectivity index (χ0v) is 16.1. The van der Waals surface area contributed by atoms with Crippen LogP contribution in [0.15, 0.2) is 54.6 Å². The summed E-state index contributed by atoms with van der Waals surface area (Å²) in [6, 6.07) is 16.7. The van der Waals surface area contributed by atoms with E-state index in [0.717, 1.165) is 22.6 Å². The smallest absolute Gasteiger partial charge is 0.261 e. The van der Waals surface area contributed by atoms with E-state index in [-0.39, 0.29) is 17.7 Å². The van der Waals surface area contributed by atoms with Crippen molar-refractivity contribution >= 4 is 29.0 Å². The van der Waals surface area contributed by atoms with Crippen LogP contribution < -0.4 is 4.90 Å². The number of ketones is 1. The van der Waals surface area contributed by atoms with Gasteiger partial charge in [-0.15, -0.1) is 0 Å². The van der Waals surface area contributed by atoms with Crippen molar-refractivity contribution in [2.75, 3.05) is 4.90 Å². The Morgan fingerprint density at radius 1 is 1.07 bits per heavy atom. The topological polar surface area (TPSA) is 42.3 Å². The third-order valence-electron chi connectivity index (χ3n) is 5.23. The highest BCUT2D eigenvalue weighted by molar-refractivity contribution is 6.30. The van der Waals surface area contributed by atoms with Gasteiger partial charge in [0.1, 0.15) is 6.04 Å². The third-order valence-corrected chi connectivity index (χ3v) is 5.47. The molecule has 1 aliphatic heterocycles. The predicted molar refractivity (Wildman–Crippen MR) is 107 cm³/mol. The van der Waals surface area contributed by atoms with Gasteiger partial charge in [-0.25, -0.2) is 0 Å². The van der Waals surface area contributed by atoms with Gasteiger partial charge in [0, 0.05) is 23.5 Å². The lowest BCUT2D eigenvalue weighted by Gasteiger charge is -2.27. The lowest BCUT2D eigenvalue weighted by molar-refractivity contribution is 0.0970. The van der Waals surface area contributed by atoms with Crippen LogP contribution in [0.4, 0.5) is 5.69 Å². The minimum Gasteiger partial charge on any atom is -0.348 e. The van der Waals surface area contributed by atoms with E-state index in [0.29, 0.717) is 16.1 Å². The van der Waals surface area contributed by atoms with Gasteiger partial charge in [-0.05, 0) is 43.7 Å². The molecule has 0 saturated heterocycles. The fourth-order valence-electron chi connectivity index (χ4n) is 3.99. The van der Waals surface area contributed by atoms with E-state index < -0.39 is 0 Å². The van der Waals surface area contributed by atoms with Gasteiger partial charge in [0.15, 0.2) is 5.78 Å². The summed E-state index contributed by atoms with van der Waals surface area (Å²) in [5.41, 5.74) is 4.33. The predicted octanol–water partition coefficient (Wildman–Crippen LogP) is 4.94. The number of anilines is 1. The molecule has 136 valence electrons. The average Bonchev–Trinajstić information content (AvgIpc) is 3.08. The SMILES string of the molecule is CC(=O)c1c2c(n(C)c1C)C(c1cccc(Cl)c1)N(c1ccccc1)C2=O. The Morgan fingerprint density at radius 3 is 2.41 bits per heavy atom. The highest BCUT2D eigenvalue weighted by Crippen LogP contribution is 2.44. The maximum Gasteiger partial charge on any atom is 0.261 e. The Labute approximate surface area is 163 Å². The van der Waals surface area contributed by atoms with Crippen molar-refractivity contribution < 1.29 is 9.59 Å². The van der Waals surface area contributed by atoms with Crippen LogP contribution in [0.25, 0.3) is 0 Å². The largest absolute Gasteiger partial charge is 0.348 e. The molecule has 1 atom stereocenters. The molecule has 0 saturated carbocycles. The maximum atomic E-state index is 13.5. The van der Waals surface area contributed by atoms with Crippen LogP contribution in [0.2, 0.25) is 5.02 Å². The fraction of sp³-hybridized carbons (Fsp3) is 0.182. The number of aromatic nitrogens is 1. The molecule has 0 aliphatic carbocycles. The summed E-state index contributed by atoms with van der Waals surface area (Å²) in [7, 11) is 1.90. The first-order chi connectivity index (χ1) is 12.9. The van der Waals surface area contributed by atoms with E-state index in [2.05, 4.69) is 0 Å². The molecule has 0 spiro atoms. The number of nitrogens with zero attached hydrogens (tertiary/aromatic N) is 2. The minimum absolute atomic E-state index is 0.0996. The fourth-order valence-corrected chi connectivity index (χ4v) is 4.19. The van der Waals surface area contributed by atoms with Gasteiger partial charge < -0.3 is 4.57 Å². The lowest BCUT2D eigenvalue weighted by atomic mass is 10.0. The average molecular weight is 379 g/mol. The minimum atomic E-state index is -0.342. The maximum absolute atomic E-state index is 13.5. The molecule has 4 rings (SSSR count). The molecule has 0 fully saturated rings. The Hall–Kier alpha value is -2.85. The summed E-state index contributed by atoms with van der Waals surface area (Å²) in [6.07, 6.45) is 0. The number of fused-ring (bicyclic) bond motifs is 1. The van der Waals surface area contributed by atoms with Gasteiger partial charge in [0.05, 0.1) is 16.8 Å². The van der Waals surface area contributed by atoms with Crippen molar-refractivity contribution in [1.82, 2.24) is 4.57 Å². The number of rotatable bonds is 3. The summed E-state index contributed by atoms with van der Waals surface area (Å²) in [5.74, 6) is -0.257. The van der Waals surface area contributed by atoms with Gasteiger partial charge in [-0.3, -0.25) is 14.5 Å². The Kier molecular flexibility index (Phi) is 4.16. The molecular formula is C22H19ClN2O2.